The fourth-order valence-electron chi connectivity index (χ4n) is 1.21. The van der Waals surface area contributed by atoms with E-state index >= 15 is 0 Å². The van der Waals surface area contributed by atoms with Crippen LogP contribution in [-0.2, 0) is 4.79 Å². The van der Waals surface area contributed by atoms with Crippen molar-refractivity contribution >= 4 is 29.0 Å². The fourth-order valence-corrected chi connectivity index (χ4v) is 1.36. The molecule has 0 aliphatic heterocycles. The van der Waals surface area contributed by atoms with Gasteiger partial charge in [-0.3, -0.25) is 4.79 Å². The lowest BCUT2D eigenvalue weighted by Crippen LogP contribution is -2.34. The summed E-state index contributed by atoms with van der Waals surface area (Å²) in [5.41, 5.74) is 11.3. The van der Waals surface area contributed by atoms with Crippen LogP contribution < -0.4 is 16.4 Å². The number of primary amides is 1. The van der Waals surface area contributed by atoms with Crippen molar-refractivity contribution in [3.63, 3.8) is 0 Å². The monoisotopic (exact) mass is 228 g/mol. The quantitative estimate of drug-likeness (QED) is 0.741. The van der Waals surface area contributed by atoms with Crippen LogP contribution in [0.4, 0.5) is 11.5 Å². The molecule has 1 aromatic heterocycles. The minimum Gasteiger partial charge on any atom is -0.396 e. The van der Waals surface area contributed by atoms with Gasteiger partial charge in [-0.05, 0) is 19.1 Å². The molecule has 0 unspecified atom stereocenters. The first-order chi connectivity index (χ1) is 7.04. The van der Waals surface area contributed by atoms with Crippen molar-refractivity contribution < 1.29 is 4.79 Å². The Morgan fingerprint density at radius 1 is 1.60 bits per heavy atom. The average molecular weight is 229 g/mol. The molecular weight excluding hydrogens is 216 g/mol. The number of rotatable bonds is 4. The SMILES string of the molecule is CCN(CC(N)=O)c1nc(Cl)ccc1N. The minimum absolute atomic E-state index is 0.0774. The van der Waals surface area contributed by atoms with Crippen LogP contribution in [0.2, 0.25) is 5.15 Å². The molecule has 0 spiro atoms. The van der Waals surface area contributed by atoms with E-state index in [9.17, 15) is 4.79 Å². The van der Waals surface area contributed by atoms with Gasteiger partial charge in [0.1, 0.15) is 5.15 Å². The predicted molar refractivity (Wildman–Crippen MR) is 60.7 cm³/mol. The number of aromatic nitrogens is 1. The number of pyridine rings is 1. The highest BCUT2D eigenvalue weighted by atomic mass is 35.5. The van der Waals surface area contributed by atoms with E-state index in [0.29, 0.717) is 23.2 Å². The highest BCUT2D eigenvalue weighted by Crippen LogP contribution is 2.22. The van der Waals surface area contributed by atoms with Crippen LogP contribution in [0.1, 0.15) is 6.92 Å². The van der Waals surface area contributed by atoms with Crippen LogP contribution in [-0.4, -0.2) is 24.0 Å². The van der Waals surface area contributed by atoms with E-state index in [4.69, 9.17) is 23.1 Å². The van der Waals surface area contributed by atoms with Gasteiger partial charge in [0.15, 0.2) is 5.82 Å². The lowest BCUT2D eigenvalue weighted by atomic mass is 10.3. The third-order valence-electron chi connectivity index (χ3n) is 1.90. The predicted octanol–water partition coefficient (Wildman–Crippen LogP) is 0.629. The van der Waals surface area contributed by atoms with Gasteiger partial charge in [0.25, 0.3) is 0 Å². The van der Waals surface area contributed by atoms with E-state index in [0.717, 1.165) is 0 Å². The third kappa shape index (κ3) is 2.99. The number of nitrogen functional groups attached to an aromatic ring is 1. The number of carbonyl (C=O) groups is 1. The standard InChI is InChI=1S/C9H13ClN4O/c1-2-14(5-8(12)15)9-6(11)3-4-7(10)13-9/h3-4H,2,5,11H2,1H3,(H2,12,15). The van der Waals surface area contributed by atoms with Crippen molar-refractivity contribution in [2.24, 2.45) is 5.73 Å². The lowest BCUT2D eigenvalue weighted by Gasteiger charge is -2.21. The number of amides is 1. The summed E-state index contributed by atoms with van der Waals surface area (Å²) in [5, 5.41) is 0.335. The minimum atomic E-state index is -0.432. The zero-order chi connectivity index (χ0) is 11.4. The number of hydrogen-bond donors (Lipinski definition) is 2. The molecule has 0 bridgehead atoms. The van der Waals surface area contributed by atoms with Crippen molar-refractivity contribution in [3.05, 3.63) is 17.3 Å². The highest BCUT2D eigenvalue weighted by Gasteiger charge is 2.12. The zero-order valence-electron chi connectivity index (χ0n) is 8.40. The largest absolute Gasteiger partial charge is 0.396 e. The molecule has 0 saturated carbocycles. The Balaban J connectivity index is 3.00. The van der Waals surface area contributed by atoms with Gasteiger partial charge in [-0.15, -0.1) is 0 Å². The van der Waals surface area contributed by atoms with Crippen molar-refractivity contribution in [1.29, 1.82) is 0 Å². The first-order valence-corrected chi connectivity index (χ1v) is 4.87. The van der Waals surface area contributed by atoms with Gasteiger partial charge in [-0.2, -0.15) is 0 Å². The zero-order valence-corrected chi connectivity index (χ0v) is 9.16. The Morgan fingerprint density at radius 2 is 2.27 bits per heavy atom. The number of carbonyl (C=O) groups excluding carboxylic acids is 1. The molecule has 0 fully saturated rings. The van der Waals surface area contributed by atoms with Crippen molar-refractivity contribution in [1.82, 2.24) is 4.98 Å². The van der Waals surface area contributed by atoms with Crippen LogP contribution in [0.15, 0.2) is 12.1 Å². The molecule has 1 heterocycles. The molecule has 82 valence electrons. The number of nitrogens with zero attached hydrogens (tertiary/aromatic N) is 2. The Hall–Kier alpha value is -1.49. The maximum Gasteiger partial charge on any atom is 0.236 e. The summed E-state index contributed by atoms with van der Waals surface area (Å²) in [6.07, 6.45) is 0. The molecule has 15 heavy (non-hydrogen) atoms. The number of nitrogens with two attached hydrogens (primary N) is 2. The lowest BCUT2D eigenvalue weighted by molar-refractivity contribution is -0.116. The number of halogens is 1. The van der Waals surface area contributed by atoms with E-state index in [-0.39, 0.29) is 6.54 Å². The summed E-state index contributed by atoms with van der Waals surface area (Å²) >= 11 is 5.74. The summed E-state index contributed by atoms with van der Waals surface area (Å²) in [4.78, 5) is 16.5. The van der Waals surface area contributed by atoms with E-state index in [1.807, 2.05) is 6.92 Å². The Kier molecular flexibility index (Phi) is 3.74. The van der Waals surface area contributed by atoms with E-state index in [1.54, 1.807) is 17.0 Å². The third-order valence-corrected chi connectivity index (χ3v) is 2.11. The van der Waals surface area contributed by atoms with Gasteiger partial charge >= 0.3 is 0 Å². The molecule has 5 nitrogen and oxygen atoms in total. The number of anilines is 2. The molecule has 6 heteroatoms. The summed E-state index contributed by atoms with van der Waals surface area (Å²) in [6.45, 7) is 2.54. The number of likely N-dealkylation sites (N-methyl/N-ethyl adjacent to an activating group) is 1. The summed E-state index contributed by atoms with van der Waals surface area (Å²) in [6, 6.07) is 3.24. The first-order valence-electron chi connectivity index (χ1n) is 4.50. The second-order valence-corrected chi connectivity index (χ2v) is 3.41. The molecule has 0 radical (unpaired) electrons. The van der Waals surface area contributed by atoms with Gasteiger partial charge in [-0.1, -0.05) is 11.6 Å². The van der Waals surface area contributed by atoms with Crippen molar-refractivity contribution in [3.8, 4) is 0 Å². The van der Waals surface area contributed by atoms with E-state index in [2.05, 4.69) is 4.98 Å². The van der Waals surface area contributed by atoms with Gasteiger partial charge in [-0.25, -0.2) is 4.98 Å². The molecule has 4 N–H and O–H groups in total. The topological polar surface area (TPSA) is 85.2 Å². The molecule has 0 aliphatic carbocycles. The van der Waals surface area contributed by atoms with Gasteiger partial charge < -0.3 is 16.4 Å². The Labute approximate surface area is 93.0 Å². The maximum absolute atomic E-state index is 10.8. The van der Waals surface area contributed by atoms with Crippen molar-refractivity contribution in [2.75, 3.05) is 23.7 Å². The van der Waals surface area contributed by atoms with Crippen LogP contribution in [0.5, 0.6) is 0 Å². The maximum atomic E-state index is 10.8. The van der Waals surface area contributed by atoms with Crippen LogP contribution in [0.25, 0.3) is 0 Å². The molecule has 1 rings (SSSR count). The normalized spacial score (nSPS) is 10.0. The van der Waals surface area contributed by atoms with Crippen molar-refractivity contribution in [2.45, 2.75) is 6.92 Å². The molecule has 1 aromatic rings. The molecule has 0 aliphatic rings. The van der Waals surface area contributed by atoms with Gasteiger partial charge in [0.05, 0.1) is 12.2 Å². The van der Waals surface area contributed by atoms with Crippen LogP contribution in [0, 0.1) is 0 Å². The number of hydrogen-bond acceptors (Lipinski definition) is 4. The van der Waals surface area contributed by atoms with Gasteiger partial charge in [0, 0.05) is 6.54 Å². The summed E-state index contributed by atoms with van der Waals surface area (Å²) in [7, 11) is 0. The van der Waals surface area contributed by atoms with Crippen LogP contribution >= 0.6 is 11.6 Å². The van der Waals surface area contributed by atoms with E-state index in [1.165, 1.54) is 0 Å². The average Bonchev–Trinajstić information content (AvgIpc) is 2.18. The Bertz CT molecular complexity index is 369. The second-order valence-electron chi connectivity index (χ2n) is 3.03. The first kappa shape index (κ1) is 11.6. The molecular formula is C9H13ClN4O. The molecule has 1 amide bonds. The van der Waals surface area contributed by atoms with E-state index < -0.39 is 5.91 Å². The molecule has 0 atom stereocenters. The second kappa shape index (κ2) is 4.84. The Morgan fingerprint density at radius 3 is 2.80 bits per heavy atom. The smallest absolute Gasteiger partial charge is 0.236 e. The van der Waals surface area contributed by atoms with Crippen LogP contribution in [0.3, 0.4) is 0 Å². The van der Waals surface area contributed by atoms with Gasteiger partial charge in [0.2, 0.25) is 5.91 Å². The summed E-state index contributed by atoms with van der Waals surface area (Å²) in [5.74, 6) is 0.0572. The molecule has 0 aromatic carbocycles. The summed E-state index contributed by atoms with van der Waals surface area (Å²) < 4.78 is 0. The molecule has 0 saturated heterocycles. The fraction of sp³-hybridized carbons (Fsp3) is 0.333. The highest BCUT2D eigenvalue weighted by molar-refractivity contribution is 6.29.